The van der Waals surface area contributed by atoms with Gasteiger partial charge in [-0.25, -0.2) is 13.1 Å². The average molecular weight is 271 g/mol. The smallest absolute Gasteiger partial charge is 0.243 e. The van der Waals surface area contributed by atoms with E-state index in [1.165, 1.54) is 29.6 Å². The van der Waals surface area contributed by atoms with E-state index in [1.54, 1.807) is 6.07 Å². The first-order chi connectivity index (χ1) is 8.62. The highest BCUT2D eigenvalue weighted by Crippen LogP contribution is 2.08. The Hall–Kier alpha value is -1.64. The molecule has 0 aliphatic carbocycles. The zero-order valence-corrected chi connectivity index (χ0v) is 10.3. The molecule has 2 aromatic rings. The molecule has 2 N–H and O–H groups in total. The highest BCUT2D eigenvalue weighted by Gasteiger charge is 2.16. The number of nitrogens with one attached hydrogen (secondary N) is 1. The van der Waals surface area contributed by atoms with E-state index >= 15 is 0 Å². The third kappa shape index (κ3) is 2.97. The summed E-state index contributed by atoms with van der Waals surface area (Å²) < 4.78 is 32.4. The van der Waals surface area contributed by atoms with Gasteiger partial charge in [-0.3, -0.25) is 4.68 Å². The molecule has 0 radical (unpaired) electrons. The Kier molecular flexibility index (Phi) is 3.80. The summed E-state index contributed by atoms with van der Waals surface area (Å²) in [5.41, 5.74) is 0.737. The Labute approximate surface area is 104 Å². The lowest BCUT2D eigenvalue weighted by Crippen LogP contribution is -2.22. The number of furan rings is 1. The zero-order valence-electron chi connectivity index (χ0n) is 9.48. The summed E-state index contributed by atoms with van der Waals surface area (Å²) >= 11 is 0. The summed E-state index contributed by atoms with van der Waals surface area (Å²) in [6.45, 7) is 0.324. The second-order valence-electron chi connectivity index (χ2n) is 3.62. The first-order valence-electron chi connectivity index (χ1n) is 5.26. The highest BCUT2D eigenvalue weighted by molar-refractivity contribution is 7.89. The highest BCUT2D eigenvalue weighted by atomic mass is 32.2. The molecule has 2 rings (SSSR count). The molecule has 0 saturated carbocycles. The largest absolute Gasteiger partial charge is 0.472 e. The molecule has 18 heavy (non-hydrogen) atoms. The number of aliphatic hydroxyl groups is 1. The molecular weight excluding hydrogens is 258 g/mol. The molecule has 0 amide bonds. The van der Waals surface area contributed by atoms with E-state index in [2.05, 4.69) is 9.82 Å². The third-order valence-corrected chi connectivity index (χ3v) is 3.65. The van der Waals surface area contributed by atoms with E-state index in [1.807, 2.05) is 0 Å². The molecule has 0 saturated heterocycles. The van der Waals surface area contributed by atoms with Gasteiger partial charge in [0.05, 0.1) is 31.9 Å². The molecular formula is C10H13N3O4S. The second-order valence-corrected chi connectivity index (χ2v) is 5.39. The standard InChI is InChI=1S/C10H13N3O4S/c14-3-2-13-7-10(6-11-13)18(15,16)12-5-9-1-4-17-8-9/h1,4,6-8,12,14H,2-3,5H2. The van der Waals surface area contributed by atoms with Gasteiger partial charge in [0.1, 0.15) is 4.90 Å². The molecule has 2 aromatic heterocycles. The van der Waals surface area contributed by atoms with E-state index in [0.717, 1.165) is 5.56 Å². The van der Waals surface area contributed by atoms with Gasteiger partial charge in [0.15, 0.2) is 0 Å². The molecule has 0 aliphatic rings. The Morgan fingerprint density at radius 2 is 2.33 bits per heavy atom. The minimum absolute atomic E-state index is 0.0689. The predicted molar refractivity (Wildman–Crippen MR) is 62.0 cm³/mol. The molecule has 0 atom stereocenters. The third-order valence-electron chi connectivity index (χ3n) is 2.30. The number of aliphatic hydroxyl groups excluding tert-OH is 1. The van der Waals surface area contributed by atoms with Crippen LogP contribution in [0.3, 0.4) is 0 Å². The summed E-state index contributed by atoms with van der Waals surface area (Å²) in [7, 11) is -3.59. The van der Waals surface area contributed by atoms with E-state index in [-0.39, 0.29) is 24.6 Å². The van der Waals surface area contributed by atoms with Crippen molar-refractivity contribution in [3.8, 4) is 0 Å². The number of hydrogen-bond acceptors (Lipinski definition) is 5. The summed E-state index contributed by atoms with van der Waals surface area (Å²) in [5.74, 6) is 0. The Morgan fingerprint density at radius 3 is 3.00 bits per heavy atom. The number of sulfonamides is 1. The topological polar surface area (TPSA) is 97.4 Å². The number of rotatable bonds is 6. The van der Waals surface area contributed by atoms with Crippen LogP contribution in [0.2, 0.25) is 0 Å². The quantitative estimate of drug-likeness (QED) is 0.767. The van der Waals surface area contributed by atoms with Gasteiger partial charge in [-0.2, -0.15) is 5.10 Å². The number of nitrogens with zero attached hydrogens (tertiary/aromatic N) is 2. The molecule has 0 aromatic carbocycles. The van der Waals surface area contributed by atoms with Crippen LogP contribution in [0, 0.1) is 0 Å². The van der Waals surface area contributed by atoms with E-state index in [0.29, 0.717) is 0 Å². The van der Waals surface area contributed by atoms with Gasteiger partial charge < -0.3 is 9.52 Å². The molecule has 0 bridgehead atoms. The van der Waals surface area contributed by atoms with E-state index in [4.69, 9.17) is 9.52 Å². The summed E-state index contributed by atoms with van der Waals surface area (Å²) in [5, 5.41) is 12.6. The lowest BCUT2D eigenvalue weighted by Gasteiger charge is -2.02. The molecule has 8 heteroatoms. The SMILES string of the molecule is O=S(=O)(NCc1ccoc1)c1cnn(CCO)c1. The van der Waals surface area contributed by atoms with Gasteiger partial charge in [0.25, 0.3) is 0 Å². The monoisotopic (exact) mass is 271 g/mol. The first kappa shape index (κ1) is 12.8. The fourth-order valence-electron chi connectivity index (χ4n) is 1.36. The molecule has 2 heterocycles. The van der Waals surface area contributed by atoms with Crippen molar-refractivity contribution >= 4 is 10.0 Å². The number of hydrogen-bond donors (Lipinski definition) is 2. The van der Waals surface area contributed by atoms with Crippen LogP contribution in [-0.4, -0.2) is 29.9 Å². The number of aromatic nitrogens is 2. The fraction of sp³-hybridized carbons (Fsp3) is 0.300. The Bertz CT molecular complexity index is 588. The first-order valence-corrected chi connectivity index (χ1v) is 6.74. The maximum atomic E-state index is 11.9. The van der Waals surface area contributed by atoms with Crippen molar-refractivity contribution < 1.29 is 17.9 Å². The van der Waals surface area contributed by atoms with E-state index < -0.39 is 10.0 Å². The van der Waals surface area contributed by atoms with Gasteiger partial charge in [0.2, 0.25) is 10.0 Å². The van der Waals surface area contributed by atoms with Crippen LogP contribution >= 0.6 is 0 Å². The molecule has 98 valence electrons. The molecule has 0 aliphatic heterocycles. The normalized spacial score (nSPS) is 11.8. The maximum Gasteiger partial charge on any atom is 0.243 e. The predicted octanol–water partition coefficient (Wildman–Crippen LogP) is -0.0531. The van der Waals surface area contributed by atoms with Crippen molar-refractivity contribution in [3.63, 3.8) is 0 Å². The molecule has 0 fully saturated rings. The fourth-order valence-corrected chi connectivity index (χ4v) is 2.33. The molecule has 0 unspecified atom stereocenters. The summed E-state index contributed by atoms with van der Waals surface area (Å²) in [6, 6.07) is 1.68. The zero-order chi connectivity index (χ0) is 13.0. The average Bonchev–Trinajstić information content (AvgIpc) is 2.98. The minimum Gasteiger partial charge on any atom is -0.472 e. The van der Waals surface area contributed by atoms with Crippen LogP contribution < -0.4 is 4.72 Å². The van der Waals surface area contributed by atoms with Gasteiger partial charge in [-0.15, -0.1) is 0 Å². The maximum absolute atomic E-state index is 11.9. The van der Waals surface area contributed by atoms with E-state index in [9.17, 15) is 8.42 Å². The second kappa shape index (κ2) is 5.34. The van der Waals surface area contributed by atoms with Crippen molar-refractivity contribution in [1.29, 1.82) is 0 Å². The van der Waals surface area contributed by atoms with Crippen LogP contribution in [0.25, 0.3) is 0 Å². The van der Waals surface area contributed by atoms with Crippen molar-refractivity contribution in [2.24, 2.45) is 0 Å². The van der Waals surface area contributed by atoms with Gasteiger partial charge in [-0.1, -0.05) is 0 Å². The van der Waals surface area contributed by atoms with Crippen LogP contribution in [0.4, 0.5) is 0 Å². The van der Waals surface area contributed by atoms with Crippen molar-refractivity contribution in [1.82, 2.24) is 14.5 Å². The Balaban J connectivity index is 2.05. The summed E-state index contributed by atoms with van der Waals surface area (Å²) in [6.07, 6.45) is 5.56. The van der Waals surface area contributed by atoms with Crippen molar-refractivity contribution in [3.05, 3.63) is 36.5 Å². The van der Waals surface area contributed by atoms with Gasteiger partial charge in [-0.05, 0) is 6.07 Å². The van der Waals surface area contributed by atoms with Crippen molar-refractivity contribution in [2.45, 2.75) is 18.0 Å². The molecule has 7 nitrogen and oxygen atoms in total. The Morgan fingerprint density at radius 1 is 1.50 bits per heavy atom. The minimum atomic E-state index is -3.59. The van der Waals surface area contributed by atoms with Crippen LogP contribution in [0.15, 0.2) is 40.3 Å². The molecule has 0 spiro atoms. The van der Waals surface area contributed by atoms with Crippen LogP contribution in [0.5, 0.6) is 0 Å². The van der Waals surface area contributed by atoms with Gasteiger partial charge in [0, 0.05) is 18.3 Å². The summed E-state index contributed by atoms with van der Waals surface area (Å²) in [4.78, 5) is 0.0689. The van der Waals surface area contributed by atoms with Gasteiger partial charge >= 0.3 is 0 Å². The lowest BCUT2D eigenvalue weighted by atomic mass is 10.4. The van der Waals surface area contributed by atoms with Crippen molar-refractivity contribution in [2.75, 3.05) is 6.61 Å². The van der Waals surface area contributed by atoms with Crippen LogP contribution in [-0.2, 0) is 23.1 Å². The lowest BCUT2D eigenvalue weighted by molar-refractivity contribution is 0.269. The van der Waals surface area contributed by atoms with Crippen LogP contribution in [0.1, 0.15) is 5.56 Å².